The van der Waals surface area contributed by atoms with Gasteiger partial charge < -0.3 is 10.5 Å². The predicted octanol–water partition coefficient (Wildman–Crippen LogP) is 1.57. The summed E-state index contributed by atoms with van der Waals surface area (Å²) < 4.78 is 4.73. The molecule has 1 unspecified atom stereocenters. The van der Waals surface area contributed by atoms with E-state index in [1.807, 2.05) is 6.92 Å². The molecule has 0 aliphatic carbocycles. The average Bonchev–Trinajstić information content (AvgIpc) is 2.00. The van der Waals surface area contributed by atoms with Crippen molar-refractivity contribution < 1.29 is 9.53 Å². The number of nitrogens with two attached hydrogens (primary N) is 1. The summed E-state index contributed by atoms with van der Waals surface area (Å²) in [6.07, 6.45) is 0. The van der Waals surface area contributed by atoms with Crippen LogP contribution in [0.1, 0.15) is 13.8 Å². The molecule has 78 valence electrons. The summed E-state index contributed by atoms with van der Waals surface area (Å²) in [6.45, 7) is 7.70. The Balaban J connectivity index is 0. The van der Waals surface area contributed by atoms with Crippen molar-refractivity contribution in [1.82, 2.24) is 0 Å². The Bertz CT molecular complexity index is 176. The third-order valence-electron chi connectivity index (χ3n) is 1.10. The Kier molecular flexibility index (Phi) is 9.89. The van der Waals surface area contributed by atoms with E-state index in [1.54, 1.807) is 6.92 Å². The molecule has 0 aliphatic rings. The normalized spacial score (nSPS) is 11.3. The first kappa shape index (κ1) is 15.3. The fourth-order valence-corrected chi connectivity index (χ4v) is 1.15. The molecule has 5 heteroatoms. The summed E-state index contributed by atoms with van der Waals surface area (Å²) in [6, 6.07) is -0.536. The van der Waals surface area contributed by atoms with E-state index in [2.05, 4.69) is 6.58 Å². The van der Waals surface area contributed by atoms with Gasteiger partial charge in [0.25, 0.3) is 0 Å². The lowest BCUT2D eigenvalue weighted by Gasteiger charge is -2.09. The lowest BCUT2D eigenvalue weighted by Crippen LogP contribution is -2.34. The first-order valence-corrected chi connectivity index (χ1v) is 4.77. The number of carbonyl (C=O) groups is 1. The molecule has 0 amide bonds. The topological polar surface area (TPSA) is 52.3 Å². The van der Waals surface area contributed by atoms with Crippen molar-refractivity contribution in [3.8, 4) is 0 Å². The van der Waals surface area contributed by atoms with Gasteiger partial charge in [0, 0.05) is 5.75 Å². The van der Waals surface area contributed by atoms with Gasteiger partial charge in [-0.25, -0.2) is 0 Å². The number of rotatable bonds is 5. The van der Waals surface area contributed by atoms with Crippen molar-refractivity contribution in [3.05, 3.63) is 11.5 Å². The van der Waals surface area contributed by atoms with Gasteiger partial charge in [0.2, 0.25) is 0 Å². The third kappa shape index (κ3) is 8.15. The second kappa shape index (κ2) is 8.41. The number of ether oxygens (including phenoxy) is 1. The number of hydrogen-bond donors (Lipinski definition) is 1. The molecule has 0 aliphatic heterocycles. The maximum atomic E-state index is 11.0. The number of esters is 1. The smallest absolute Gasteiger partial charge is 0.323 e. The van der Waals surface area contributed by atoms with E-state index >= 15 is 0 Å². The van der Waals surface area contributed by atoms with Crippen LogP contribution in [0.2, 0.25) is 0 Å². The molecule has 2 N–H and O–H groups in total. The first-order chi connectivity index (χ1) is 5.57. The highest BCUT2D eigenvalue weighted by Crippen LogP contribution is 2.12. The van der Waals surface area contributed by atoms with Crippen LogP contribution in [-0.2, 0) is 9.53 Å². The van der Waals surface area contributed by atoms with Crippen LogP contribution in [0.5, 0.6) is 0 Å². The van der Waals surface area contributed by atoms with Crippen LogP contribution in [0.3, 0.4) is 0 Å². The molecule has 0 heterocycles. The maximum absolute atomic E-state index is 11.0. The fraction of sp³-hybridized carbons (Fsp3) is 0.625. The molecule has 13 heavy (non-hydrogen) atoms. The summed E-state index contributed by atoms with van der Waals surface area (Å²) in [5, 5.41) is 0. The molecule has 0 saturated carbocycles. The van der Waals surface area contributed by atoms with Gasteiger partial charge in [-0.3, -0.25) is 4.79 Å². The monoisotopic (exact) mass is 225 g/mol. The van der Waals surface area contributed by atoms with Gasteiger partial charge >= 0.3 is 5.97 Å². The lowest BCUT2D eigenvalue weighted by atomic mass is 10.4. The van der Waals surface area contributed by atoms with Gasteiger partial charge in [-0.1, -0.05) is 6.58 Å². The molecular formula is C8H16ClNO2S. The van der Waals surface area contributed by atoms with E-state index in [4.69, 9.17) is 10.5 Å². The number of allylic oxidation sites excluding steroid dienone is 1. The predicted molar refractivity (Wildman–Crippen MR) is 59.1 cm³/mol. The number of carbonyl (C=O) groups excluding carboxylic acids is 1. The zero-order chi connectivity index (χ0) is 9.56. The molecule has 0 saturated heterocycles. The molecule has 0 aromatic carbocycles. The van der Waals surface area contributed by atoms with Gasteiger partial charge in [0.1, 0.15) is 6.04 Å². The Morgan fingerprint density at radius 1 is 1.69 bits per heavy atom. The van der Waals surface area contributed by atoms with E-state index in [9.17, 15) is 4.79 Å². The molecule has 0 aromatic heterocycles. The number of hydrogen-bond acceptors (Lipinski definition) is 4. The Labute approximate surface area is 89.5 Å². The fourth-order valence-electron chi connectivity index (χ4n) is 0.549. The van der Waals surface area contributed by atoms with E-state index < -0.39 is 6.04 Å². The van der Waals surface area contributed by atoms with Crippen molar-refractivity contribution in [2.75, 3.05) is 12.4 Å². The first-order valence-electron chi connectivity index (χ1n) is 3.78. The van der Waals surface area contributed by atoms with E-state index in [1.165, 1.54) is 11.8 Å². The Morgan fingerprint density at radius 2 is 2.23 bits per heavy atom. The minimum absolute atomic E-state index is 0. The quantitative estimate of drug-likeness (QED) is 0.722. The SMILES string of the molecule is C=C(C)SCC(N)C(=O)OCC.Cl. The van der Waals surface area contributed by atoms with E-state index in [0.717, 1.165) is 4.91 Å². The molecule has 0 radical (unpaired) electrons. The minimum atomic E-state index is -0.536. The van der Waals surface area contributed by atoms with Crippen LogP contribution in [-0.4, -0.2) is 24.4 Å². The van der Waals surface area contributed by atoms with Crippen LogP contribution < -0.4 is 5.73 Å². The zero-order valence-corrected chi connectivity index (χ0v) is 9.54. The van der Waals surface area contributed by atoms with Gasteiger partial charge in [-0.2, -0.15) is 0 Å². The van der Waals surface area contributed by atoms with Crippen molar-refractivity contribution in [1.29, 1.82) is 0 Å². The second-order valence-corrected chi connectivity index (χ2v) is 3.69. The van der Waals surface area contributed by atoms with Crippen molar-refractivity contribution >= 4 is 30.1 Å². The maximum Gasteiger partial charge on any atom is 0.323 e. The highest BCUT2D eigenvalue weighted by molar-refractivity contribution is 8.03. The average molecular weight is 226 g/mol. The number of halogens is 1. The number of thioether (sulfide) groups is 1. The van der Waals surface area contributed by atoms with Crippen LogP contribution >= 0.6 is 24.2 Å². The Hall–Kier alpha value is -0.190. The summed E-state index contributed by atoms with van der Waals surface area (Å²) in [4.78, 5) is 11.9. The molecule has 3 nitrogen and oxygen atoms in total. The zero-order valence-electron chi connectivity index (χ0n) is 7.91. The molecule has 0 spiro atoms. The highest BCUT2D eigenvalue weighted by atomic mass is 35.5. The molecule has 0 aromatic rings. The van der Waals surface area contributed by atoms with Gasteiger partial charge in [0.05, 0.1) is 6.61 Å². The molecule has 1 atom stereocenters. The second-order valence-electron chi connectivity index (χ2n) is 2.37. The van der Waals surface area contributed by atoms with Crippen molar-refractivity contribution in [2.45, 2.75) is 19.9 Å². The Morgan fingerprint density at radius 3 is 2.62 bits per heavy atom. The molecule has 0 bridgehead atoms. The largest absolute Gasteiger partial charge is 0.465 e. The highest BCUT2D eigenvalue weighted by Gasteiger charge is 2.13. The summed E-state index contributed by atoms with van der Waals surface area (Å²) >= 11 is 1.47. The van der Waals surface area contributed by atoms with E-state index in [-0.39, 0.29) is 18.4 Å². The molecular weight excluding hydrogens is 210 g/mol. The molecule has 0 rings (SSSR count). The molecule has 0 fully saturated rings. The van der Waals surface area contributed by atoms with Crippen molar-refractivity contribution in [3.63, 3.8) is 0 Å². The minimum Gasteiger partial charge on any atom is -0.465 e. The van der Waals surface area contributed by atoms with Crippen LogP contribution in [0.25, 0.3) is 0 Å². The van der Waals surface area contributed by atoms with Crippen molar-refractivity contribution in [2.24, 2.45) is 5.73 Å². The van der Waals surface area contributed by atoms with Crippen LogP contribution in [0.15, 0.2) is 11.5 Å². The van der Waals surface area contributed by atoms with Gasteiger partial charge in [-0.15, -0.1) is 24.2 Å². The van der Waals surface area contributed by atoms with Gasteiger partial charge in [0.15, 0.2) is 0 Å². The van der Waals surface area contributed by atoms with E-state index in [0.29, 0.717) is 12.4 Å². The summed E-state index contributed by atoms with van der Waals surface area (Å²) in [5.41, 5.74) is 5.52. The summed E-state index contributed by atoms with van der Waals surface area (Å²) in [5.74, 6) is 0.194. The van der Waals surface area contributed by atoms with Crippen LogP contribution in [0.4, 0.5) is 0 Å². The standard InChI is InChI=1S/C8H15NO2S.ClH/c1-4-11-8(10)7(9)5-12-6(2)3;/h7H,2,4-5,9H2,1,3H3;1H. The third-order valence-corrected chi connectivity index (χ3v) is 2.12. The van der Waals surface area contributed by atoms with Gasteiger partial charge in [-0.05, 0) is 18.8 Å². The summed E-state index contributed by atoms with van der Waals surface area (Å²) in [7, 11) is 0. The lowest BCUT2D eigenvalue weighted by molar-refractivity contribution is -0.144. The van der Waals surface area contributed by atoms with Crippen LogP contribution in [0, 0.1) is 0 Å².